The third-order valence-electron chi connectivity index (χ3n) is 8.74. The van der Waals surface area contributed by atoms with Crippen LogP contribution in [0.4, 0.5) is 0 Å². The lowest BCUT2D eigenvalue weighted by atomic mass is 9.99. The molecule has 0 radical (unpaired) electrons. The van der Waals surface area contributed by atoms with Gasteiger partial charge in [-0.1, -0.05) is 30.3 Å². The normalized spacial score (nSPS) is 29.5. The molecule has 5 atom stereocenters. The van der Waals surface area contributed by atoms with Gasteiger partial charge >= 0.3 is 5.97 Å². The third-order valence-corrected chi connectivity index (χ3v) is 8.74. The first-order valence-electron chi connectivity index (χ1n) is 15.0. The van der Waals surface area contributed by atoms with E-state index in [0.717, 1.165) is 12.8 Å². The van der Waals surface area contributed by atoms with Gasteiger partial charge in [0.25, 0.3) is 0 Å². The van der Waals surface area contributed by atoms with Crippen LogP contribution in [0.5, 0.6) is 0 Å². The van der Waals surface area contributed by atoms with Crippen molar-refractivity contribution in [1.82, 2.24) is 25.3 Å². The van der Waals surface area contributed by atoms with E-state index < -0.39 is 53.9 Å². The van der Waals surface area contributed by atoms with E-state index >= 15 is 0 Å². The van der Waals surface area contributed by atoms with Gasteiger partial charge in [-0.2, -0.15) is 0 Å². The lowest BCUT2D eigenvalue weighted by Gasteiger charge is -2.39. The summed E-state index contributed by atoms with van der Waals surface area (Å²) < 4.78 is 5.61. The van der Waals surface area contributed by atoms with Crippen molar-refractivity contribution in [2.45, 2.75) is 82.1 Å². The van der Waals surface area contributed by atoms with Gasteiger partial charge < -0.3 is 24.8 Å². The number of cyclic esters (lactones) is 1. The van der Waals surface area contributed by atoms with Crippen LogP contribution < -0.4 is 10.6 Å². The summed E-state index contributed by atoms with van der Waals surface area (Å²) in [4.78, 5) is 85.0. The fourth-order valence-corrected chi connectivity index (χ4v) is 6.46. The summed E-state index contributed by atoms with van der Waals surface area (Å²) in [6.07, 6.45) is 4.01. The Morgan fingerprint density at radius 2 is 1.43 bits per heavy atom. The summed E-state index contributed by atoms with van der Waals surface area (Å²) in [5, 5.41) is 5.75. The maximum atomic E-state index is 13.9. The minimum Gasteiger partial charge on any atom is -0.462 e. The largest absolute Gasteiger partial charge is 0.462 e. The molecule has 4 aliphatic heterocycles. The van der Waals surface area contributed by atoms with E-state index in [-0.39, 0.29) is 24.8 Å². The summed E-state index contributed by atoms with van der Waals surface area (Å²) >= 11 is 0. The molecule has 0 aliphatic carbocycles. The van der Waals surface area contributed by atoms with Gasteiger partial charge in [-0.25, -0.2) is 4.79 Å². The van der Waals surface area contributed by atoms with E-state index in [2.05, 4.69) is 10.6 Å². The number of hydrogen-bond donors (Lipinski definition) is 2. The van der Waals surface area contributed by atoms with E-state index in [0.29, 0.717) is 57.3 Å². The predicted octanol–water partition coefficient (Wildman–Crippen LogP) is 0.252. The van der Waals surface area contributed by atoms with E-state index in [4.69, 9.17) is 4.74 Å². The second-order valence-corrected chi connectivity index (χ2v) is 11.5. The molecular weight excluding hydrogens is 542 g/mol. The number of amides is 4. The smallest absolute Gasteiger partial charge is 0.328 e. The predicted molar refractivity (Wildman–Crippen MR) is 150 cm³/mol. The standard InChI is InChI=1S/C30H39N5O7/c1-19-27(38)35-16-8-13-24(35)30(41)42-18-21(31-17-25(36)20-9-3-2-4-10-20)28(39)34-15-7-12-23(34)29(40)33-14-6-5-11-22(33)26(37)32-19/h2-4,9-10,19,21-24,31H,5-8,11-18H2,1H3,(H,32,37)/t19-,21-,22-,23-,24-/m0/s1. The molecule has 1 aromatic carbocycles. The van der Waals surface area contributed by atoms with Crippen molar-refractivity contribution in [3.63, 3.8) is 0 Å². The van der Waals surface area contributed by atoms with Crippen molar-refractivity contribution < 1.29 is 33.5 Å². The first-order chi connectivity index (χ1) is 20.3. The number of esters is 1. The lowest BCUT2D eigenvalue weighted by Crippen LogP contribution is -2.61. The van der Waals surface area contributed by atoms with Crippen LogP contribution in [0.25, 0.3) is 0 Å². The van der Waals surface area contributed by atoms with E-state index in [1.165, 1.54) is 9.80 Å². The Morgan fingerprint density at radius 3 is 2.17 bits per heavy atom. The van der Waals surface area contributed by atoms with Gasteiger partial charge in [-0.15, -0.1) is 0 Å². The van der Waals surface area contributed by atoms with Gasteiger partial charge in [0, 0.05) is 25.2 Å². The third kappa shape index (κ3) is 6.18. The lowest BCUT2D eigenvalue weighted by molar-refractivity contribution is -0.157. The molecule has 0 saturated carbocycles. The van der Waals surface area contributed by atoms with E-state index in [1.807, 2.05) is 0 Å². The van der Waals surface area contributed by atoms with Crippen molar-refractivity contribution in [1.29, 1.82) is 0 Å². The van der Waals surface area contributed by atoms with E-state index in [1.54, 1.807) is 42.2 Å². The summed E-state index contributed by atoms with van der Waals surface area (Å²) in [5.74, 6) is -2.44. The molecule has 4 heterocycles. The second kappa shape index (κ2) is 13.0. The average molecular weight is 582 g/mol. The number of ether oxygens (including phenoxy) is 1. The molecule has 5 rings (SSSR count). The fourth-order valence-electron chi connectivity index (χ4n) is 6.46. The van der Waals surface area contributed by atoms with Crippen molar-refractivity contribution in [3.05, 3.63) is 35.9 Å². The summed E-state index contributed by atoms with van der Waals surface area (Å²) in [6.45, 7) is 2.12. The van der Waals surface area contributed by atoms with Gasteiger partial charge in [0.15, 0.2) is 5.78 Å². The Bertz CT molecular complexity index is 1220. The van der Waals surface area contributed by atoms with Crippen LogP contribution in [0.2, 0.25) is 0 Å². The average Bonchev–Trinajstić information content (AvgIpc) is 3.70. The molecule has 0 spiro atoms. The van der Waals surface area contributed by atoms with Crippen molar-refractivity contribution in [3.8, 4) is 0 Å². The highest BCUT2D eigenvalue weighted by molar-refractivity contribution is 5.99. The van der Waals surface area contributed by atoms with Crippen LogP contribution >= 0.6 is 0 Å². The minimum absolute atomic E-state index is 0.176. The molecule has 1 aromatic rings. The van der Waals surface area contributed by atoms with Gasteiger partial charge in [0.1, 0.15) is 36.8 Å². The Hall–Kier alpha value is -3.80. The zero-order chi connectivity index (χ0) is 29.8. The zero-order valence-corrected chi connectivity index (χ0v) is 24.0. The second-order valence-electron chi connectivity index (χ2n) is 11.5. The Morgan fingerprint density at radius 1 is 0.810 bits per heavy atom. The Balaban J connectivity index is 1.43. The number of carbonyl (C=O) groups is 6. The highest BCUT2D eigenvalue weighted by Crippen LogP contribution is 2.26. The molecular formula is C30H39N5O7. The molecule has 0 aromatic heterocycles. The van der Waals surface area contributed by atoms with Crippen LogP contribution in [0.1, 0.15) is 62.2 Å². The number of benzene rings is 1. The maximum Gasteiger partial charge on any atom is 0.328 e. The number of Topliss-reactive ketones (excluding diaryl/α,β-unsaturated/α-hetero) is 1. The number of piperidine rings is 1. The quantitative estimate of drug-likeness (QED) is 0.380. The first-order valence-corrected chi connectivity index (χ1v) is 15.0. The zero-order valence-electron chi connectivity index (χ0n) is 24.0. The monoisotopic (exact) mass is 581 g/mol. The van der Waals surface area contributed by atoms with Gasteiger partial charge in [-0.05, 0) is 51.9 Å². The van der Waals surface area contributed by atoms with Crippen LogP contribution in [-0.4, -0.2) is 113 Å². The number of rotatable bonds is 4. The number of nitrogens with one attached hydrogen (secondary N) is 2. The first kappa shape index (κ1) is 29.7. The minimum atomic E-state index is -1.08. The molecule has 226 valence electrons. The van der Waals surface area contributed by atoms with Crippen LogP contribution in [0, 0.1) is 0 Å². The van der Waals surface area contributed by atoms with Gasteiger partial charge in [-0.3, -0.25) is 29.3 Å². The molecule has 0 bridgehead atoms. The number of ketones is 1. The molecule has 12 heteroatoms. The van der Waals surface area contributed by atoms with Gasteiger partial charge in [0.2, 0.25) is 23.6 Å². The highest BCUT2D eigenvalue weighted by atomic mass is 16.5. The molecule has 4 aliphatic rings. The van der Waals surface area contributed by atoms with Crippen LogP contribution in [-0.2, 0) is 28.7 Å². The molecule has 0 unspecified atom stereocenters. The summed E-state index contributed by atoms with van der Waals surface area (Å²) in [5.41, 5.74) is 0.473. The van der Waals surface area contributed by atoms with Crippen molar-refractivity contribution in [2.75, 3.05) is 32.8 Å². The molecule has 4 saturated heterocycles. The molecule has 4 amide bonds. The molecule has 12 nitrogen and oxygen atoms in total. The number of hydrogen-bond acceptors (Lipinski definition) is 8. The summed E-state index contributed by atoms with van der Waals surface area (Å²) in [7, 11) is 0. The Labute approximate surface area is 245 Å². The van der Waals surface area contributed by atoms with Crippen LogP contribution in [0.15, 0.2) is 30.3 Å². The Kier molecular flexibility index (Phi) is 9.20. The van der Waals surface area contributed by atoms with Crippen molar-refractivity contribution >= 4 is 35.4 Å². The van der Waals surface area contributed by atoms with Gasteiger partial charge in [0.05, 0.1) is 6.54 Å². The number of carbonyl (C=O) groups excluding carboxylic acids is 6. The fraction of sp³-hybridized carbons (Fsp3) is 0.600. The number of nitrogens with zero attached hydrogens (tertiary/aromatic N) is 3. The SMILES string of the molecule is C[C@@H]1NC(=O)[C@@H]2CCCCN2C(=O)[C@@H]2CCCN2C(=O)[C@@H](NCC(=O)c2ccccc2)COC(=O)[C@@H]2CCCN2C1=O. The van der Waals surface area contributed by atoms with Crippen LogP contribution in [0.3, 0.4) is 0 Å². The molecule has 2 N–H and O–H groups in total. The number of fused-ring (bicyclic) bond motifs is 3. The molecule has 4 fully saturated rings. The summed E-state index contributed by atoms with van der Waals surface area (Å²) in [6, 6.07) is 4.33. The van der Waals surface area contributed by atoms with E-state index in [9.17, 15) is 28.8 Å². The maximum absolute atomic E-state index is 13.9. The highest BCUT2D eigenvalue weighted by Gasteiger charge is 2.44. The molecule has 42 heavy (non-hydrogen) atoms. The van der Waals surface area contributed by atoms with Crippen molar-refractivity contribution in [2.24, 2.45) is 0 Å². The topological polar surface area (TPSA) is 145 Å².